The number of carbonyl (C=O) groups excluding carboxylic acids is 2. The SMILES string of the molecule is O=C(CCc1ccccc1)C1=C(O)C(=O)N(Cc2ccncc2)C1c1cccnc1. The first-order valence-corrected chi connectivity index (χ1v) is 9.75. The highest BCUT2D eigenvalue weighted by atomic mass is 16.3. The number of aliphatic hydroxyl groups excluding tert-OH is 1. The van der Waals surface area contributed by atoms with Gasteiger partial charge in [-0.15, -0.1) is 0 Å². The highest BCUT2D eigenvalue weighted by Crippen LogP contribution is 2.39. The second-order valence-corrected chi connectivity index (χ2v) is 7.15. The molecular weight excluding hydrogens is 378 g/mol. The third kappa shape index (κ3) is 3.98. The quantitative estimate of drug-likeness (QED) is 0.657. The van der Waals surface area contributed by atoms with Crippen LogP contribution >= 0.6 is 0 Å². The van der Waals surface area contributed by atoms with E-state index in [1.807, 2.05) is 36.4 Å². The zero-order chi connectivity index (χ0) is 20.9. The molecule has 1 aliphatic heterocycles. The Morgan fingerprint density at radius 2 is 1.70 bits per heavy atom. The fourth-order valence-corrected chi connectivity index (χ4v) is 3.71. The molecule has 0 spiro atoms. The van der Waals surface area contributed by atoms with Gasteiger partial charge in [0.25, 0.3) is 5.91 Å². The van der Waals surface area contributed by atoms with Crippen LogP contribution in [0.15, 0.2) is 90.7 Å². The third-order valence-electron chi connectivity index (χ3n) is 5.19. The Morgan fingerprint density at radius 3 is 2.40 bits per heavy atom. The van der Waals surface area contributed by atoms with Gasteiger partial charge < -0.3 is 10.0 Å². The van der Waals surface area contributed by atoms with Gasteiger partial charge in [0.15, 0.2) is 11.5 Å². The molecule has 1 atom stereocenters. The molecule has 0 saturated heterocycles. The molecule has 1 aliphatic rings. The van der Waals surface area contributed by atoms with E-state index in [9.17, 15) is 14.7 Å². The Morgan fingerprint density at radius 1 is 0.933 bits per heavy atom. The van der Waals surface area contributed by atoms with E-state index in [4.69, 9.17) is 0 Å². The van der Waals surface area contributed by atoms with Crippen LogP contribution in [0.1, 0.15) is 29.2 Å². The first kappa shape index (κ1) is 19.5. The van der Waals surface area contributed by atoms with Crippen LogP contribution in [0.3, 0.4) is 0 Å². The Balaban J connectivity index is 1.64. The molecule has 6 heteroatoms. The minimum absolute atomic E-state index is 0.137. The maximum atomic E-state index is 13.1. The lowest BCUT2D eigenvalue weighted by Gasteiger charge is -2.26. The Labute approximate surface area is 174 Å². The van der Waals surface area contributed by atoms with Crippen molar-refractivity contribution in [2.24, 2.45) is 0 Å². The fraction of sp³-hybridized carbons (Fsp3) is 0.167. The van der Waals surface area contributed by atoms with Crippen molar-refractivity contribution >= 4 is 11.7 Å². The number of carbonyl (C=O) groups is 2. The number of hydrogen-bond donors (Lipinski definition) is 1. The molecule has 1 aromatic carbocycles. The van der Waals surface area contributed by atoms with Crippen LogP contribution in [0.25, 0.3) is 0 Å². The molecule has 3 heterocycles. The van der Waals surface area contributed by atoms with Gasteiger partial charge in [0.2, 0.25) is 0 Å². The van der Waals surface area contributed by atoms with Gasteiger partial charge in [0, 0.05) is 37.8 Å². The van der Waals surface area contributed by atoms with Crippen LogP contribution in [0, 0.1) is 0 Å². The number of rotatable bonds is 7. The summed E-state index contributed by atoms with van der Waals surface area (Å²) in [6.45, 7) is 0.250. The van der Waals surface area contributed by atoms with Gasteiger partial charge in [0.05, 0.1) is 11.6 Å². The van der Waals surface area contributed by atoms with Crippen molar-refractivity contribution < 1.29 is 14.7 Å². The second-order valence-electron chi connectivity index (χ2n) is 7.15. The predicted molar refractivity (Wildman–Crippen MR) is 111 cm³/mol. The number of aromatic nitrogens is 2. The van der Waals surface area contributed by atoms with Crippen molar-refractivity contribution in [3.8, 4) is 0 Å². The molecule has 0 bridgehead atoms. The number of aliphatic hydroxyl groups is 1. The number of amides is 1. The summed E-state index contributed by atoms with van der Waals surface area (Å²) >= 11 is 0. The standard InChI is InChI=1S/C24H21N3O3/c28-20(9-8-17-5-2-1-3-6-17)21-22(19-7-4-12-26-15-19)27(24(30)23(21)29)16-18-10-13-25-14-11-18/h1-7,10-15,22,29H,8-9,16H2. The predicted octanol–water partition coefficient (Wildman–Crippen LogP) is 3.57. The Bertz CT molecular complexity index is 1070. The summed E-state index contributed by atoms with van der Waals surface area (Å²) in [7, 11) is 0. The molecule has 1 unspecified atom stereocenters. The van der Waals surface area contributed by atoms with E-state index in [1.54, 1.807) is 43.0 Å². The van der Waals surface area contributed by atoms with Gasteiger partial charge in [-0.1, -0.05) is 36.4 Å². The van der Waals surface area contributed by atoms with Gasteiger partial charge in [-0.3, -0.25) is 19.6 Å². The molecule has 1 amide bonds. The summed E-state index contributed by atoms with van der Waals surface area (Å²) in [6, 6.07) is 16.2. The number of benzene rings is 1. The number of ketones is 1. The number of pyridine rings is 2. The molecule has 150 valence electrons. The van der Waals surface area contributed by atoms with Crippen LogP contribution in [0.5, 0.6) is 0 Å². The maximum Gasteiger partial charge on any atom is 0.290 e. The van der Waals surface area contributed by atoms with Gasteiger partial charge in [-0.2, -0.15) is 0 Å². The summed E-state index contributed by atoms with van der Waals surface area (Å²) < 4.78 is 0. The topological polar surface area (TPSA) is 83.4 Å². The normalized spacial score (nSPS) is 16.2. The molecule has 3 aromatic rings. The summed E-state index contributed by atoms with van der Waals surface area (Å²) in [5, 5.41) is 10.6. The van der Waals surface area contributed by atoms with Crippen molar-refractivity contribution in [2.75, 3.05) is 0 Å². The molecule has 6 nitrogen and oxygen atoms in total. The summed E-state index contributed by atoms with van der Waals surface area (Å²) in [5.74, 6) is -1.27. The molecule has 30 heavy (non-hydrogen) atoms. The number of Topliss-reactive ketones (excluding diaryl/α,β-unsaturated/α-hetero) is 1. The molecule has 0 fully saturated rings. The summed E-state index contributed by atoms with van der Waals surface area (Å²) in [5.41, 5.74) is 2.71. The second kappa shape index (κ2) is 8.69. The molecule has 0 saturated carbocycles. The molecule has 1 N–H and O–H groups in total. The Hall–Kier alpha value is -3.80. The average molecular weight is 399 g/mol. The molecule has 4 rings (SSSR count). The highest BCUT2D eigenvalue weighted by Gasteiger charge is 2.43. The van der Waals surface area contributed by atoms with E-state index in [2.05, 4.69) is 9.97 Å². The van der Waals surface area contributed by atoms with Crippen LogP contribution in [0.2, 0.25) is 0 Å². The number of aryl methyl sites for hydroxylation is 1. The fourth-order valence-electron chi connectivity index (χ4n) is 3.71. The van der Waals surface area contributed by atoms with Crippen LogP contribution < -0.4 is 0 Å². The number of nitrogens with zero attached hydrogens (tertiary/aromatic N) is 3. The van der Waals surface area contributed by atoms with E-state index in [0.717, 1.165) is 11.1 Å². The first-order chi connectivity index (χ1) is 14.6. The van der Waals surface area contributed by atoms with Crippen molar-refractivity contribution in [2.45, 2.75) is 25.4 Å². The van der Waals surface area contributed by atoms with Gasteiger partial charge in [-0.25, -0.2) is 0 Å². The molecular formula is C24H21N3O3. The van der Waals surface area contributed by atoms with Crippen molar-refractivity contribution in [1.29, 1.82) is 0 Å². The maximum absolute atomic E-state index is 13.1. The van der Waals surface area contributed by atoms with Crippen LogP contribution in [-0.2, 0) is 22.6 Å². The van der Waals surface area contributed by atoms with Crippen molar-refractivity contribution in [1.82, 2.24) is 14.9 Å². The largest absolute Gasteiger partial charge is 0.503 e. The van der Waals surface area contributed by atoms with Gasteiger partial charge >= 0.3 is 0 Å². The molecule has 2 aromatic heterocycles. The lowest BCUT2D eigenvalue weighted by atomic mass is 9.94. The van der Waals surface area contributed by atoms with E-state index in [1.165, 1.54) is 4.90 Å². The van der Waals surface area contributed by atoms with Crippen LogP contribution in [0.4, 0.5) is 0 Å². The molecule has 0 radical (unpaired) electrons. The smallest absolute Gasteiger partial charge is 0.290 e. The number of hydrogen-bond acceptors (Lipinski definition) is 5. The van der Waals surface area contributed by atoms with Crippen molar-refractivity contribution in [3.63, 3.8) is 0 Å². The zero-order valence-electron chi connectivity index (χ0n) is 16.3. The van der Waals surface area contributed by atoms with E-state index < -0.39 is 17.7 Å². The summed E-state index contributed by atoms with van der Waals surface area (Å²) in [4.78, 5) is 35.7. The zero-order valence-corrected chi connectivity index (χ0v) is 16.3. The van der Waals surface area contributed by atoms with E-state index in [-0.39, 0.29) is 24.3 Å². The lowest BCUT2D eigenvalue weighted by molar-refractivity contribution is -0.130. The third-order valence-corrected chi connectivity index (χ3v) is 5.19. The Kier molecular flexibility index (Phi) is 5.66. The van der Waals surface area contributed by atoms with Crippen LogP contribution in [-0.4, -0.2) is 31.7 Å². The summed E-state index contributed by atoms with van der Waals surface area (Å²) in [6.07, 6.45) is 7.29. The van der Waals surface area contributed by atoms with Gasteiger partial charge in [0.1, 0.15) is 0 Å². The first-order valence-electron chi connectivity index (χ1n) is 9.75. The molecule has 0 aliphatic carbocycles. The van der Waals surface area contributed by atoms with E-state index in [0.29, 0.717) is 12.0 Å². The van der Waals surface area contributed by atoms with Crippen molar-refractivity contribution in [3.05, 3.63) is 107 Å². The average Bonchev–Trinajstić information content (AvgIpc) is 3.04. The minimum Gasteiger partial charge on any atom is -0.503 e. The minimum atomic E-state index is -0.678. The van der Waals surface area contributed by atoms with Gasteiger partial charge in [-0.05, 0) is 41.3 Å². The monoisotopic (exact) mass is 399 g/mol. The highest BCUT2D eigenvalue weighted by molar-refractivity contribution is 6.08. The van der Waals surface area contributed by atoms with E-state index >= 15 is 0 Å². The lowest BCUT2D eigenvalue weighted by Crippen LogP contribution is -2.30.